The van der Waals surface area contributed by atoms with E-state index in [9.17, 15) is 9.59 Å². The van der Waals surface area contributed by atoms with E-state index >= 15 is 0 Å². The maximum Gasteiger partial charge on any atom is 0.254 e. The summed E-state index contributed by atoms with van der Waals surface area (Å²) in [7, 11) is 0. The number of amides is 2. The van der Waals surface area contributed by atoms with Gasteiger partial charge in [0.15, 0.2) is 0 Å². The van der Waals surface area contributed by atoms with Crippen LogP contribution < -0.4 is 0 Å². The third kappa shape index (κ3) is 3.11. The van der Waals surface area contributed by atoms with E-state index in [-0.39, 0.29) is 23.7 Å². The third-order valence-corrected chi connectivity index (χ3v) is 9.21. The second kappa shape index (κ2) is 8.25. The van der Waals surface area contributed by atoms with Gasteiger partial charge in [0.05, 0.1) is 23.7 Å². The number of carbonyl (C=O) groups is 2. The smallest absolute Gasteiger partial charge is 0.254 e. The van der Waals surface area contributed by atoms with Crippen LogP contribution in [0, 0.1) is 29.3 Å². The van der Waals surface area contributed by atoms with Crippen molar-refractivity contribution in [1.29, 1.82) is 0 Å². The Hall–Kier alpha value is -3.52. The second-order valence-electron chi connectivity index (χ2n) is 10.1. The minimum atomic E-state index is -0.419. The molecule has 0 unspecified atom stereocenters. The normalized spacial score (nSPS) is 23.5. The summed E-state index contributed by atoms with van der Waals surface area (Å²) in [5.41, 5.74) is 8.75. The van der Waals surface area contributed by atoms with E-state index in [2.05, 4.69) is 81.6 Å². The third-order valence-electron chi connectivity index (χ3n) is 8.30. The molecule has 37 heavy (non-hydrogen) atoms. The molecule has 0 radical (unpaired) electrons. The van der Waals surface area contributed by atoms with Gasteiger partial charge in [-0.15, -0.1) is 0 Å². The topological polar surface area (TPSA) is 54.7 Å². The first-order valence-corrected chi connectivity index (χ1v) is 13.6. The molecule has 4 aliphatic rings. The summed E-state index contributed by atoms with van der Waals surface area (Å²) in [5.74, 6) is -1.47. The number of rotatable bonds is 3. The highest BCUT2D eigenvalue weighted by molar-refractivity contribution is 14.1. The first-order valence-electron chi connectivity index (χ1n) is 12.5. The van der Waals surface area contributed by atoms with Gasteiger partial charge in [0.2, 0.25) is 0 Å². The maximum absolute atomic E-state index is 13.8. The van der Waals surface area contributed by atoms with Crippen LogP contribution in [0.15, 0.2) is 84.0 Å². The summed E-state index contributed by atoms with van der Waals surface area (Å²) in [6.07, 6.45) is 1.67. The van der Waals surface area contributed by atoms with Gasteiger partial charge < -0.3 is 4.57 Å². The second-order valence-corrected chi connectivity index (χ2v) is 11.3. The first kappa shape index (κ1) is 22.7. The van der Waals surface area contributed by atoms with Crippen molar-refractivity contribution in [3.05, 3.63) is 122 Å². The van der Waals surface area contributed by atoms with E-state index in [4.69, 9.17) is 0 Å². The van der Waals surface area contributed by atoms with Gasteiger partial charge in [-0.05, 0) is 76.9 Å². The summed E-state index contributed by atoms with van der Waals surface area (Å²) in [6.45, 7) is 4.10. The molecule has 6 heteroatoms. The van der Waals surface area contributed by atoms with Crippen molar-refractivity contribution in [3.8, 4) is 5.69 Å². The van der Waals surface area contributed by atoms with Gasteiger partial charge in [-0.3, -0.25) is 9.59 Å². The molecular weight excluding hydrogens is 573 g/mol. The fourth-order valence-electron chi connectivity index (χ4n) is 6.82. The SMILES string of the molecule is Cc1cc(/C=N\N2C(=O)[C@@H]3C4c5ccccc5C(c5ccccc54)[C@H]3C2=O)c(C)n1-c1ccccc1I. The Morgan fingerprint density at radius 3 is 1.76 bits per heavy atom. The fourth-order valence-corrected chi connectivity index (χ4v) is 7.45. The lowest BCUT2D eigenvalue weighted by molar-refractivity contribution is -0.139. The Labute approximate surface area is 228 Å². The minimum absolute atomic E-state index is 0.121. The zero-order valence-corrected chi connectivity index (χ0v) is 22.6. The Kier molecular flexibility index (Phi) is 5.05. The lowest BCUT2D eigenvalue weighted by Crippen LogP contribution is -2.41. The van der Waals surface area contributed by atoms with E-state index in [1.54, 1.807) is 6.21 Å². The van der Waals surface area contributed by atoms with Crippen LogP contribution in [0.2, 0.25) is 0 Å². The summed E-state index contributed by atoms with van der Waals surface area (Å²) >= 11 is 2.34. The van der Waals surface area contributed by atoms with Gasteiger partial charge in [-0.25, -0.2) is 0 Å². The summed E-state index contributed by atoms with van der Waals surface area (Å²) < 4.78 is 3.33. The lowest BCUT2D eigenvalue weighted by atomic mass is 9.55. The number of benzene rings is 3. The Morgan fingerprint density at radius 1 is 0.757 bits per heavy atom. The van der Waals surface area contributed by atoms with Gasteiger partial charge in [0, 0.05) is 32.4 Å². The van der Waals surface area contributed by atoms with Crippen molar-refractivity contribution in [2.75, 3.05) is 0 Å². The molecule has 1 fully saturated rings. The van der Waals surface area contributed by atoms with E-state index in [1.165, 1.54) is 22.3 Å². The number of halogens is 1. The predicted molar refractivity (Wildman–Crippen MR) is 151 cm³/mol. The van der Waals surface area contributed by atoms with Crippen LogP contribution in [-0.2, 0) is 9.59 Å². The number of para-hydroxylation sites is 1. The van der Waals surface area contributed by atoms with E-state index < -0.39 is 11.8 Å². The highest BCUT2D eigenvalue weighted by Crippen LogP contribution is 2.60. The van der Waals surface area contributed by atoms with Crippen molar-refractivity contribution in [2.45, 2.75) is 25.7 Å². The van der Waals surface area contributed by atoms with Crippen molar-refractivity contribution in [3.63, 3.8) is 0 Å². The molecular formula is C31H24IN3O2. The van der Waals surface area contributed by atoms with Crippen LogP contribution in [0.1, 0.15) is 51.0 Å². The summed E-state index contributed by atoms with van der Waals surface area (Å²) in [4.78, 5) is 27.6. The number of aromatic nitrogens is 1. The number of hydrazone groups is 1. The molecule has 3 aromatic carbocycles. The zero-order valence-electron chi connectivity index (χ0n) is 20.4. The van der Waals surface area contributed by atoms with E-state index in [0.717, 1.165) is 31.2 Å². The van der Waals surface area contributed by atoms with Crippen LogP contribution in [0.4, 0.5) is 0 Å². The van der Waals surface area contributed by atoms with Crippen LogP contribution >= 0.6 is 22.6 Å². The van der Waals surface area contributed by atoms with Gasteiger partial charge >= 0.3 is 0 Å². The number of nitrogens with zero attached hydrogens (tertiary/aromatic N) is 3. The fraction of sp³-hybridized carbons (Fsp3) is 0.194. The van der Waals surface area contributed by atoms with Gasteiger partial charge in [-0.2, -0.15) is 10.1 Å². The van der Waals surface area contributed by atoms with E-state index in [1.807, 2.05) is 43.3 Å². The maximum atomic E-state index is 13.8. The summed E-state index contributed by atoms with van der Waals surface area (Å²) in [5, 5.41) is 5.67. The van der Waals surface area contributed by atoms with Gasteiger partial charge in [0.25, 0.3) is 11.8 Å². The van der Waals surface area contributed by atoms with Gasteiger partial charge in [0.1, 0.15) is 0 Å². The molecule has 2 bridgehead atoms. The van der Waals surface area contributed by atoms with Crippen LogP contribution in [0.3, 0.4) is 0 Å². The molecule has 2 atom stereocenters. The largest absolute Gasteiger partial charge is 0.317 e. The molecule has 0 saturated carbocycles. The monoisotopic (exact) mass is 597 g/mol. The Morgan fingerprint density at radius 2 is 1.24 bits per heavy atom. The van der Waals surface area contributed by atoms with Crippen LogP contribution in [0.25, 0.3) is 5.69 Å². The Balaban J connectivity index is 1.28. The van der Waals surface area contributed by atoms with Crippen molar-refractivity contribution < 1.29 is 9.59 Å². The molecule has 8 rings (SSSR count). The highest BCUT2D eigenvalue weighted by atomic mass is 127. The number of carbonyl (C=O) groups excluding carboxylic acids is 2. The van der Waals surface area contributed by atoms with Crippen molar-refractivity contribution in [1.82, 2.24) is 9.58 Å². The molecule has 2 heterocycles. The molecule has 182 valence electrons. The molecule has 4 aromatic rings. The molecule has 5 nitrogen and oxygen atoms in total. The molecule has 2 amide bonds. The average Bonchev–Trinajstić information content (AvgIpc) is 3.34. The van der Waals surface area contributed by atoms with Crippen LogP contribution in [0.5, 0.6) is 0 Å². The van der Waals surface area contributed by atoms with Crippen molar-refractivity contribution >= 4 is 40.6 Å². The molecule has 0 spiro atoms. The lowest BCUT2D eigenvalue weighted by Gasteiger charge is -2.45. The summed E-state index contributed by atoms with van der Waals surface area (Å²) in [6, 6.07) is 26.8. The molecule has 1 aromatic heterocycles. The predicted octanol–water partition coefficient (Wildman–Crippen LogP) is 5.92. The quantitative estimate of drug-likeness (QED) is 0.167. The van der Waals surface area contributed by atoms with Crippen molar-refractivity contribution in [2.24, 2.45) is 16.9 Å². The number of hydrogen-bond acceptors (Lipinski definition) is 3. The first-order chi connectivity index (χ1) is 18.0. The standard InChI is InChI=1S/C31H24IN3O2/c1-17-15-19(18(2)34(17)25-14-8-7-13-24(25)32)16-33-35-30(36)28-26-20-9-3-4-10-21(20)27(29(28)31(35)37)23-12-6-5-11-22(23)26/h3-16,26-29H,1-2H3/b33-16-/t26?,27?,28-,29-/m1/s1. The molecule has 1 aliphatic heterocycles. The van der Waals surface area contributed by atoms with Crippen LogP contribution in [-0.4, -0.2) is 27.6 Å². The zero-order chi connectivity index (χ0) is 25.4. The average molecular weight is 597 g/mol. The Bertz CT molecular complexity index is 1540. The molecule has 1 saturated heterocycles. The van der Waals surface area contributed by atoms with Gasteiger partial charge in [-0.1, -0.05) is 60.7 Å². The molecule has 3 aliphatic carbocycles. The number of imide groups is 1. The highest BCUT2D eigenvalue weighted by Gasteiger charge is 2.61. The minimum Gasteiger partial charge on any atom is -0.317 e. The molecule has 0 N–H and O–H groups in total. The number of hydrogen-bond donors (Lipinski definition) is 0. The number of aryl methyl sites for hydroxylation is 1. The van der Waals surface area contributed by atoms with E-state index in [0.29, 0.717) is 0 Å².